The first kappa shape index (κ1) is 19.1. The number of hydrogen-bond donors (Lipinski definition) is 1. The van der Waals surface area contributed by atoms with Crippen molar-refractivity contribution in [1.29, 1.82) is 0 Å². The molecule has 0 aliphatic carbocycles. The van der Waals surface area contributed by atoms with Crippen molar-refractivity contribution in [3.8, 4) is 0 Å². The minimum atomic E-state index is -0.496. The number of carbonyl (C=O) groups is 1. The molecule has 1 amide bonds. The van der Waals surface area contributed by atoms with E-state index in [2.05, 4.69) is 5.32 Å². The van der Waals surface area contributed by atoms with E-state index in [9.17, 15) is 14.9 Å². The van der Waals surface area contributed by atoms with Gasteiger partial charge in [0.1, 0.15) is 11.2 Å². The minimum absolute atomic E-state index is 0.126. The fourth-order valence-corrected chi connectivity index (χ4v) is 3.90. The fourth-order valence-electron chi connectivity index (χ4n) is 3.90. The van der Waals surface area contributed by atoms with Gasteiger partial charge >= 0.3 is 0 Å². The number of carbonyl (C=O) groups excluding carboxylic acids is 1. The van der Waals surface area contributed by atoms with E-state index in [1.807, 2.05) is 35.2 Å². The van der Waals surface area contributed by atoms with Gasteiger partial charge in [-0.2, -0.15) is 0 Å². The molecule has 1 aromatic heterocycles. The number of morpholine rings is 1. The quantitative estimate of drug-likeness (QED) is 0.385. The van der Waals surface area contributed by atoms with Crippen molar-refractivity contribution in [2.24, 2.45) is 0 Å². The van der Waals surface area contributed by atoms with Gasteiger partial charge in [0.2, 0.25) is 0 Å². The molecule has 8 nitrogen and oxygen atoms in total. The van der Waals surface area contributed by atoms with Gasteiger partial charge in [-0.1, -0.05) is 18.2 Å². The highest BCUT2D eigenvalue weighted by Gasteiger charge is 2.22. The lowest BCUT2D eigenvalue weighted by atomic mass is 10.1. The summed E-state index contributed by atoms with van der Waals surface area (Å²) < 4.78 is 11.2. The van der Waals surface area contributed by atoms with Crippen molar-refractivity contribution < 1.29 is 18.9 Å². The number of ether oxygens (including phenoxy) is 1. The molecule has 1 fully saturated rings. The second-order valence-electron chi connectivity index (χ2n) is 7.32. The molecule has 1 aliphatic heterocycles. The number of rotatable bonds is 4. The molecule has 31 heavy (non-hydrogen) atoms. The van der Waals surface area contributed by atoms with Crippen LogP contribution >= 0.6 is 0 Å². The van der Waals surface area contributed by atoms with Gasteiger partial charge < -0.3 is 19.4 Å². The zero-order valence-electron chi connectivity index (χ0n) is 16.5. The number of fused-ring (bicyclic) bond motifs is 3. The molecule has 2 heterocycles. The largest absolute Gasteiger partial charge is 0.456 e. The van der Waals surface area contributed by atoms with Crippen LogP contribution in [0.3, 0.4) is 0 Å². The van der Waals surface area contributed by atoms with Gasteiger partial charge in [-0.25, -0.2) is 0 Å². The molecule has 1 saturated heterocycles. The third kappa shape index (κ3) is 3.57. The summed E-state index contributed by atoms with van der Waals surface area (Å²) >= 11 is 0. The lowest BCUT2D eigenvalue weighted by molar-refractivity contribution is -0.384. The van der Waals surface area contributed by atoms with Crippen LogP contribution in [0.4, 0.5) is 17.1 Å². The topological polar surface area (TPSA) is 97.8 Å². The van der Waals surface area contributed by atoms with E-state index in [4.69, 9.17) is 9.15 Å². The maximum absolute atomic E-state index is 13.2. The molecule has 156 valence electrons. The van der Waals surface area contributed by atoms with Crippen LogP contribution in [0.15, 0.2) is 65.1 Å². The van der Waals surface area contributed by atoms with E-state index in [1.165, 1.54) is 12.1 Å². The van der Waals surface area contributed by atoms with Gasteiger partial charge in [-0.05, 0) is 30.3 Å². The molecule has 0 unspecified atom stereocenters. The van der Waals surface area contributed by atoms with Crippen molar-refractivity contribution in [2.45, 2.75) is 0 Å². The van der Waals surface area contributed by atoms with Crippen molar-refractivity contribution in [2.75, 3.05) is 36.5 Å². The Bertz CT molecular complexity index is 1310. The molecule has 0 radical (unpaired) electrons. The molecular weight excluding hydrogens is 398 g/mol. The van der Waals surface area contributed by atoms with E-state index >= 15 is 0 Å². The first-order chi connectivity index (χ1) is 15.1. The average molecular weight is 417 g/mol. The number of furan rings is 1. The van der Waals surface area contributed by atoms with Crippen molar-refractivity contribution in [1.82, 2.24) is 0 Å². The second kappa shape index (κ2) is 7.73. The third-order valence-electron chi connectivity index (χ3n) is 5.42. The number of nitro benzene ring substituents is 1. The lowest BCUT2D eigenvalue weighted by Crippen LogP contribution is -2.37. The zero-order chi connectivity index (χ0) is 21.4. The molecule has 0 spiro atoms. The number of nitrogens with one attached hydrogen (secondary N) is 1. The molecular formula is C23H19N3O5. The summed E-state index contributed by atoms with van der Waals surface area (Å²) in [6.45, 7) is 2.32. The van der Waals surface area contributed by atoms with Gasteiger partial charge in [-0.3, -0.25) is 14.9 Å². The van der Waals surface area contributed by atoms with Crippen molar-refractivity contribution >= 4 is 44.9 Å². The SMILES string of the molecule is O=C(Nc1ccc2oc3ccccc3c2c1)c1cc([N+](=O)[O-])ccc1N1CCOCC1. The van der Waals surface area contributed by atoms with Crippen LogP contribution in [-0.2, 0) is 4.74 Å². The van der Waals surface area contributed by atoms with Gasteiger partial charge in [0.15, 0.2) is 0 Å². The summed E-state index contributed by atoms with van der Waals surface area (Å²) in [5.41, 5.74) is 2.87. The average Bonchev–Trinajstić information content (AvgIpc) is 3.17. The predicted molar refractivity (Wildman–Crippen MR) is 118 cm³/mol. The summed E-state index contributed by atoms with van der Waals surface area (Å²) in [5.74, 6) is -0.405. The highest BCUT2D eigenvalue weighted by molar-refractivity contribution is 6.11. The van der Waals surface area contributed by atoms with Crippen LogP contribution in [0.5, 0.6) is 0 Å². The number of non-ortho nitro benzene ring substituents is 1. The zero-order valence-corrected chi connectivity index (χ0v) is 16.5. The fraction of sp³-hybridized carbons (Fsp3) is 0.174. The van der Waals surface area contributed by atoms with E-state index in [0.29, 0.717) is 37.7 Å². The van der Waals surface area contributed by atoms with Crippen molar-refractivity contribution in [3.05, 3.63) is 76.3 Å². The van der Waals surface area contributed by atoms with E-state index in [0.717, 1.165) is 21.9 Å². The Balaban J connectivity index is 1.51. The monoisotopic (exact) mass is 417 g/mol. The maximum atomic E-state index is 13.2. The van der Waals surface area contributed by atoms with E-state index in [-0.39, 0.29) is 11.3 Å². The van der Waals surface area contributed by atoms with Crippen LogP contribution in [0, 0.1) is 10.1 Å². The van der Waals surface area contributed by atoms with Gasteiger partial charge in [-0.15, -0.1) is 0 Å². The molecule has 8 heteroatoms. The summed E-state index contributed by atoms with van der Waals surface area (Å²) in [7, 11) is 0. The van der Waals surface area contributed by atoms with Gasteiger partial charge in [0.05, 0.1) is 29.4 Å². The molecule has 0 saturated carbocycles. The number of hydrogen-bond acceptors (Lipinski definition) is 6. The Hall–Kier alpha value is -3.91. The van der Waals surface area contributed by atoms with Gasteiger partial charge in [0.25, 0.3) is 11.6 Å². The highest BCUT2D eigenvalue weighted by Crippen LogP contribution is 2.32. The predicted octanol–water partition coefficient (Wildman–Crippen LogP) is 4.58. The summed E-state index contributed by atoms with van der Waals surface area (Å²) in [6.07, 6.45) is 0. The summed E-state index contributed by atoms with van der Waals surface area (Å²) in [6, 6.07) is 17.5. The molecule has 3 aromatic carbocycles. The third-order valence-corrected chi connectivity index (χ3v) is 5.42. The van der Waals surface area contributed by atoms with E-state index < -0.39 is 10.8 Å². The first-order valence-electron chi connectivity index (χ1n) is 9.94. The Morgan fingerprint density at radius 3 is 2.55 bits per heavy atom. The molecule has 1 aliphatic rings. The summed E-state index contributed by atoms with van der Waals surface area (Å²) in [4.78, 5) is 26.0. The number of amides is 1. The Morgan fingerprint density at radius 1 is 0.968 bits per heavy atom. The Morgan fingerprint density at radius 2 is 1.74 bits per heavy atom. The number of nitro groups is 1. The molecule has 0 bridgehead atoms. The van der Waals surface area contributed by atoms with E-state index in [1.54, 1.807) is 18.2 Å². The van der Waals surface area contributed by atoms with Crippen LogP contribution < -0.4 is 10.2 Å². The van der Waals surface area contributed by atoms with Crippen LogP contribution in [0.1, 0.15) is 10.4 Å². The molecule has 5 rings (SSSR count). The molecule has 4 aromatic rings. The Kier molecular flexibility index (Phi) is 4.76. The van der Waals surface area contributed by atoms with Crippen molar-refractivity contribution in [3.63, 3.8) is 0 Å². The smallest absolute Gasteiger partial charge is 0.270 e. The normalized spacial score (nSPS) is 14.1. The Labute approximate surface area is 177 Å². The summed E-state index contributed by atoms with van der Waals surface area (Å²) in [5, 5.41) is 16.0. The standard InChI is InChI=1S/C23H19N3O5/c27-23(19-14-16(26(28)29)6-7-20(19)25-9-11-30-12-10-25)24-15-5-8-22-18(13-15)17-3-1-2-4-21(17)31-22/h1-8,13-14H,9-12H2,(H,24,27). The van der Waals surface area contributed by atoms with Crippen LogP contribution in [0.2, 0.25) is 0 Å². The minimum Gasteiger partial charge on any atom is -0.456 e. The number of para-hydroxylation sites is 1. The number of nitrogens with zero attached hydrogens (tertiary/aromatic N) is 2. The first-order valence-corrected chi connectivity index (χ1v) is 9.94. The number of anilines is 2. The highest BCUT2D eigenvalue weighted by atomic mass is 16.6. The molecule has 0 atom stereocenters. The maximum Gasteiger partial charge on any atom is 0.270 e. The van der Waals surface area contributed by atoms with Crippen LogP contribution in [0.25, 0.3) is 21.9 Å². The molecule has 1 N–H and O–H groups in total. The number of benzene rings is 3. The lowest BCUT2D eigenvalue weighted by Gasteiger charge is -2.30. The second-order valence-corrected chi connectivity index (χ2v) is 7.32. The van der Waals surface area contributed by atoms with Crippen LogP contribution in [-0.4, -0.2) is 37.1 Å². The van der Waals surface area contributed by atoms with Gasteiger partial charge in [0, 0.05) is 41.7 Å².